The summed E-state index contributed by atoms with van der Waals surface area (Å²) in [6, 6.07) is 0. The summed E-state index contributed by atoms with van der Waals surface area (Å²) in [6.07, 6.45) is 19.9. The van der Waals surface area contributed by atoms with Crippen molar-refractivity contribution in [3.8, 4) is 0 Å². The van der Waals surface area contributed by atoms with E-state index in [1.54, 1.807) is 0 Å². The third-order valence-corrected chi connectivity index (χ3v) is 6.48. The molecule has 6 heteroatoms. The quantitative estimate of drug-likeness (QED) is 0.0731. The van der Waals surface area contributed by atoms with Crippen LogP contribution in [0.2, 0.25) is 0 Å². The van der Waals surface area contributed by atoms with E-state index in [2.05, 4.69) is 19.2 Å². The molecule has 2 N–H and O–H groups in total. The molecule has 0 aromatic carbocycles. The minimum Gasteiger partial charge on any atom is -0.505 e. The fraction of sp³-hybridized carbons (Fsp3) is 0.759. The summed E-state index contributed by atoms with van der Waals surface area (Å²) in [5, 5.41) is 13.6. The van der Waals surface area contributed by atoms with Crippen molar-refractivity contribution in [3.63, 3.8) is 0 Å². The standard InChI is InChI=1S/C29H49NO5/c1-3-5-7-9-10-11-12-13-14-15-16-19-24-28(33)25(23-26(31)29(24)34)30-21-18-20-27(32)35-22-17-8-6-4-2/h23,30,33H,3-22H2,1-2H3. The molecule has 0 fully saturated rings. The van der Waals surface area contributed by atoms with Crippen LogP contribution in [-0.2, 0) is 19.1 Å². The number of nitrogens with one attached hydrogen (secondary N) is 1. The summed E-state index contributed by atoms with van der Waals surface area (Å²) >= 11 is 0. The number of Topliss-reactive ketones (excluding diaryl/α,β-unsaturated/α-hetero) is 1. The van der Waals surface area contributed by atoms with Crippen LogP contribution in [0.25, 0.3) is 0 Å². The number of aliphatic hydroxyl groups excluding tert-OH is 1. The van der Waals surface area contributed by atoms with Crippen molar-refractivity contribution in [3.05, 3.63) is 23.1 Å². The SMILES string of the molecule is CCCCCCCCCCCCCC1=C(O)C(NCCCC(=O)OCCCCCC)=CC(=O)C1=O. The number of allylic oxidation sites excluding steroid dienone is 2. The number of carbonyl (C=O) groups excluding carboxylic acids is 3. The van der Waals surface area contributed by atoms with Gasteiger partial charge in [-0.25, -0.2) is 0 Å². The molecule has 0 unspecified atom stereocenters. The second kappa shape index (κ2) is 20.1. The fourth-order valence-electron chi connectivity index (χ4n) is 4.26. The van der Waals surface area contributed by atoms with Gasteiger partial charge in [-0.1, -0.05) is 97.3 Å². The van der Waals surface area contributed by atoms with Gasteiger partial charge in [0, 0.05) is 24.6 Å². The van der Waals surface area contributed by atoms with Crippen molar-refractivity contribution >= 4 is 17.5 Å². The lowest BCUT2D eigenvalue weighted by Crippen LogP contribution is -2.28. The molecule has 0 heterocycles. The molecule has 0 aromatic heterocycles. The molecule has 0 saturated carbocycles. The maximum absolute atomic E-state index is 12.3. The minimum absolute atomic E-state index is 0.125. The van der Waals surface area contributed by atoms with Crippen molar-refractivity contribution in [2.75, 3.05) is 13.2 Å². The van der Waals surface area contributed by atoms with Gasteiger partial charge in [-0.2, -0.15) is 0 Å². The number of ether oxygens (including phenoxy) is 1. The number of carbonyl (C=O) groups is 3. The van der Waals surface area contributed by atoms with Crippen LogP contribution in [0.5, 0.6) is 0 Å². The first kappa shape index (κ1) is 30.9. The van der Waals surface area contributed by atoms with Gasteiger partial charge in [0.25, 0.3) is 0 Å². The lowest BCUT2D eigenvalue weighted by molar-refractivity contribution is -0.143. The molecule has 0 radical (unpaired) electrons. The summed E-state index contributed by atoms with van der Waals surface area (Å²) in [7, 11) is 0. The van der Waals surface area contributed by atoms with E-state index < -0.39 is 11.6 Å². The van der Waals surface area contributed by atoms with Gasteiger partial charge in [0.1, 0.15) is 5.76 Å². The van der Waals surface area contributed by atoms with Crippen molar-refractivity contribution in [1.82, 2.24) is 5.32 Å². The van der Waals surface area contributed by atoms with E-state index in [-0.39, 0.29) is 29.4 Å². The van der Waals surface area contributed by atoms with Crippen LogP contribution in [0.15, 0.2) is 23.1 Å². The molecule has 1 aliphatic carbocycles. The summed E-state index contributed by atoms with van der Waals surface area (Å²) < 4.78 is 5.22. The van der Waals surface area contributed by atoms with Gasteiger partial charge in [-0.15, -0.1) is 0 Å². The van der Waals surface area contributed by atoms with Crippen molar-refractivity contribution in [1.29, 1.82) is 0 Å². The van der Waals surface area contributed by atoms with E-state index in [1.165, 1.54) is 51.4 Å². The van der Waals surface area contributed by atoms with Gasteiger partial charge >= 0.3 is 5.97 Å². The first-order chi connectivity index (χ1) is 17.0. The highest BCUT2D eigenvalue weighted by atomic mass is 16.5. The van der Waals surface area contributed by atoms with Crippen LogP contribution in [0.4, 0.5) is 0 Å². The monoisotopic (exact) mass is 491 g/mol. The second-order valence-electron chi connectivity index (χ2n) is 9.68. The molecular formula is C29H49NO5. The van der Waals surface area contributed by atoms with Gasteiger partial charge in [0.15, 0.2) is 0 Å². The molecule has 200 valence electrons. The number of rotatable bonds is 22. The lowest BCUT2D eigenvalue weighted by Gasteiger charge is -2.17. The minimum atomic E-state index is -0.605. The number of hydrogen-bond acceptors (Lipinski definition) is 6. The van der Waals surface area contributed by atoms with E-state index in [0.717, 1.165) is 51.0 Å². The smallest absolute Gasteiger partial charge is 0.305 e. The number of hydrogen-bond donors (Lipinski definition) is 2. The van der Waals surface area contributed by atoms with Gasteiger partial charge in [0.05, 0.1) is 12.3 Å². The Labute approximate surface area is 213 Å². The molecule has 1 aliphatic rings. The molecule has 35 heavy (non-hydrogen) atoms. The summed E-state index contributed by atoms with van der Waals surface area (Å²) in [5.41, 5.74) is 0.489. The highest BCUT2D eigenvalue weighted by molar-refractivity contribution is 6.48. The fourth-order valence-corrected chi connectivity index (χ4v) is 4.26. The Morgan fingerprint density at radius 3 is 1.94 bits per heavy atom. The zero-order valence-electron chi connectivity index (χ0n) is 22.3. The van der Waals surface area contributed by atoms with Crippen LogP contribution in [0.3, 0.4) is 0 Å². The summed E-state index contributed by atoms with van der Waals surface area (Å²) in [6.45, 7) is 5.24. The first-order valence-electron chi connectivity index (χ1n) is 14.1. The molecular weight excluding hydrogens is 442 g/mol. The zero-order chi connectivity index (χ0) is 25.7. The molecule has 0 aromatic rings. The van der Waals surface area contributed by atoms with E-state index in [9.17, 15) is 19.5 Å². The van der Waals surface area contributed by atoms with Crippen LogP contribution in [-0.4, -0.2) is 35.8 Å². The zero-order valence-corrected chi connectivity index (χ0v) is 22.3. The Morgan fingerprint density at radius 1 is 0.800 bits per heavy atom. The number of aliphatic hydroxyl groups is 1. The number of ketones is 2. The molecule has 0 amide bonds. The van der Waals surface area contributed by atoms with Crippen molar-refractivity contribution < 1.29 is 24.2 Å². The Bertz CT molecular complexity index is 695. The first-order valence-corrected chi connectivity index (χ1v) is 14.1. The van der Waals surface area contributed by atoms with E-state index in [1.807, 2.05) is 0 Å². The van der Waals surface area contributed by atoms with Crippen LogP contribution < -0.4 is 5.32 Å². The van der Waals surface area contributed by atoms with Crippen molar-refractivity contribution in [2.45, 2.75) is 129 Å². The topological polar surface area (TPSA) is 92.7 Å². The third kappa shape index (κ3) is 14.1. The highest BCUT2D eigenvalue weighted by Crippen LogP contribution is 2.23. The number of unbranched alkanes of at least 4 members (excludes halogenated alkanes) is 13. The molecule has 1 rings (SSSR count). The highest BCUT2D eigenvalue weighted by Gasteiger charge is 2.28. The third-order valence-electron chi connectivity index (χ3n) is 6.48. The van der Waals surface area contributed by atoms with Crippen molar-refractivity contribution in [2.24, 2.45) is 0 Å². The predicted octanol–water partition coefficient (Wildman–Crippen LogP) is 7.03. The normalized spacial score (nSPS) is 13.8. The molecule has 0 atom stereocenters. The molecule has 6 nitrogen and oxygen atoms in total. The predicted molar refractivity (Wildman–Crippen MR) is 141 cm³/mol. The maximum Gasteiger partial charge on any atom is 0.305 e. The van der Waals surface area contributed by atoms with Gasteiger partial charge < -0.3 is 15.2 Å². The van der Waals surface area contributed by atoms with Gasteiger partial charge in [-0.3, -0.25) is 14.4 Å². The van der Waals surface area contributed by atoms with E-state index in [0.29, 0.717) is 26.0 Å². The average Bonchev–Trinajstić information content (AvgIpc) is 2.85. The largest absolute Gasteiger partial charge is 0.505 e. The Balaban J connectivity index is 2.26. The Kier molecular flexibility index (Phi) is 17.8. The van der Waals surface area contributed by atoms with Gasteiger partial charge in [-0.05, 0) is 25.7 Å². The molecule has 0 saturated heterocycles. The van der Waals surface area contributed by atoms with Crippen LogP contribution in [0.1, 0.15) is 129 Å². The Hall–Kier alpha value is -2.11. The molecule has 0 bridgehead atoms. The molecule has 0 aliphatic heterocycles. The molecule has 0 spiro atoms. The lowest BCUT2D eigenvalue weighted by atomic mass is 9.93. The van der Waals surface area contributed by atoms with E-state index in [4.69, 9.17) is 4.74 Å². The van der Waals surface area contributed by atoms with Gasteiger partial charge in [0.2, 0.25) is 11.6 Å². The van der Waals surface area contributed by atoms with Crippen LogP contribution >= 0.6 is 0 Å². The van der Waals surface area contributed by atoms with Crippen LogP contribution in [0, 0.1) is 0 Å². The Morgan fingerprint density at radius 2 is 1.34 bits per heavy atom. The second-order valence-corrected chi connectivity index (χ2v) is 9.68. The number of esters is 1. The van der Waals surface area contributed by atoms with E-state index >= 15 is 0 Å². The maximum atomic E-state index is 12.3. The summed E-state index contributed by atoms with van der Waals surface area (Å²) in [5.74, 6) is -1.56. The summed E-state index contributed by atoms with van der Waals surface area (Å²) in [4.78, 5) is 36.2. The average molecular weight is 492 g/mol.